The summed E-state index contributed by atoms with van der Waals surface area (Å²) in [7, 11) is 0. The van der Waals surface area contributed by atoms with Crippen LogP contribution in [0.4, 0.5) is 5.69 Å². The molecule has 0 atom stereocenters. The molecule has 0 aliphatic carbocycles. The number of halogens is 2. The van der Waals surface area contributed by atoms with Crippen LogP contribution in [0.3, 0.4) is 0 Å². The van der Waals surface area contributed by atoms with Crippen LogP contribution in [0.15, 0.2) is 78.4 Å². The zero-order valence-electron chi connectivity index (χ0n) is 15.4. The van der Waals surface area contributed by atoms with Gasteiger partial charge in [0.05, 0.1) is 15.6 Å². The van der Waals surface area contributed by atoms with Crippen molar-refractivity contribution in [1.29, 1.82) is 5.26 Å². The predicted molar refractivity (Wildman–Crippen MR) is 117 cm³/mol. The lowest BCUT2D eigenvalue weighted by molar-refractivity contribution is -0.112. The Morgan fingerprint density at radius 1 is 0.933 bits per heavy atom. The standard InChI is InChI=1S/C23H14Cl2N2O3/c24-20-11-8-18(13-21(20)25)27-22(28)17(14-26)12-15-6-9-19(10-7-15)30-23(29)16-4-2-1-3-5-16/h1-13H,(H,27,28). The van der Waals surface area contributed by atoms with Crippen LogP contribution in [0.25, 0.3) is 6.08 Å². The molecule has 0 radical (unpaired) electrons. The molecule has 1 amide bonds. The number of hydrogen-bond donors (Lipinski definition) is 1. The molecule has 3 rings (SSSR count). The minimum Gasteiger partial charge on any atom is -0.423 e. The molecule has 0 heterocycles. The van der Waals surface area contributed by atoms with E-state index < -0.39 is 11.9 Å². The van der Waals surface area contributed by atoms with E-state index in [4.69, 9.17) is 27.9 Å². The normalized spacial score (nSPS) is 10.8. The lowest BCUT2D eigenvalue weighted by Gasteiger charge is -2.06. The fourth-order valence-electron chi connectivity index (χ4n) is 2.46. The molecule has 0 saturated heterocycles. The summed E-state index contributed by atoms with van der Waals surface area (Å²) < 4.78 is 5.31. The van der Waals surface area contributed by atoms with Crippen molar-refractivity contribution < 1.29 is 14.3 Å². The molecule has 148 valence electrons. The summed E-state index contributed by atoms with van der Waals surface area (Å²) >= 11 is 11.8. The van der Waals surface area contributed by atoms with E-state index in [-0.39, 0.29) is 10.6 Å². The second-order valence-electron chi connectivity index (χ2n) is 6.08. The van der Waals surface area contributed by atoms with E-state index >= 15 is 0 Å². The van der Waals surface area contributed by atoms with Gasteiger partial charge in [0.25, 0.3) is 5.91 Å². The largest absolute Gasteiger partial charge is 0.423 e. The van der Waals surface area contributed by atoms with E-state index in [0.717, 1.165) is 0 Å². The molecule has 1 N–H and O–H groups in total. The predicted octanol–water partition coefficient (Wildman–Crippen LogP) is 5.76. The molecular formula is C23H14Cl2N2O3. The summed E-state index contributed by atoms with van der Waals surface area (Å²) in [5.41, 5.74) is 1.34. The van der Waals surface area contributed by atoms with Crippen LogP contribution in [-0.2, 0) is 4.79 Å². The monoisotopic (exact) mass is 436 g/mol. The molecule has 0 saturated carbocycles. The summed E-state index contributed by atoms with van der Waals surface area (Å²) in [6.07, 6.45) is 1.43. The van der Waals surface area contributed by atoms with Gasteiger partial charge in [0.2, 0.25) is 0 Å². The van der Waals surface area contributed by atoms with Crippen LogP contribution in [0.1, 0.15) is 15.9 Å². The van der Waals surface area contributed by atoms with Crippen molar-refractivity contribution in [2.75, 3.05) is 5.32 Å². The average Bonchev–Trinajstić information content (AvgIpc) is 2.76. The van der Waals surface area contributed by atoms with Gasteiger partial charge in [-0.3, -0.25) is 4.79 Å². The first kappa shape index (κ1) is 21.1. The number of carbonyl (C=O) groups is 2. The Morgan fingerprint density at radius 2 is 1.63 bits per heavy atom. The van der Waals surface area contributed by atoms with E-state index in [1.165, 1.54) is 12.1 Å². The van der Waals surface area contributed by atoms with Gasteiger partial charge in [-0.15, -0.1) is 0 Å². The van der Waals surface area contributed by atoms with Crippen LogP contribution < -0.4 is 10.1 Å². The molecule has 0 unspecified atom stereocenters. The van der Waals surface area contributed by atoms with Gasteiger partial charge in [-0.1, -0.05) is 53.5 Å². The maximum absolute atomic E-state index is 12.4. The molecule has 5 nitrogen and oxygen atoms in total. The molecule has 0 bridgehead atoms. The van der Waals surface area contributed by atoms with E-state index in [1.54, 1.807) is 60.7 Å². The highest BCUT2D eigenvalue weighted by Crippen LogP contribution is 2.25. The molecule has 0 fully saturated rings. The first-order valence-corrected chi connectivity index (χ1v) is 9.47. The number of nitrogens with one attached hydrogen (secondary N) is 1. The highest BCUT2D eigenvalue weighted by atomic mass is 35.5. The maximum Gasteiger partial charge on any atom is 0.343 e. The fraction of sp³-hybridized carbons (Fsp3) is 0. The van der Waals surface area contributed by atoms with Crippen LogP contribution >= 0.6 is 23.2 Å². The number of benzene rings is 3. The molecular weight excluding hydrogens is 423 g/mol. The van der Waals surface area contributed by atoms with Crippen LogP contribution in [-0.4, -0.2) is 11.9 Å². The van der Waals surface area contributed by atoms with Gasteiger partial charge < -0.3 is 10.1 Å². The number of amides is 1. The molecule has 0 aliphatic heterocycles. The minimum absolute atomic E-state index is 0.102. The van der Waals surface area contributed by atoms with Crippen molar-refractivity contribution in [1.82, 2.24) is 0 Å². The average molecular weight is 437 g/mol. The Morgan fingerprint density at radius 3 is 2.27 bits per heavy atom. The fourth-order valence-corrected chi connectivity index (χ4v) is 2.76. The van der Waals surface area contributed by atoms with Gasteiger partial charge in [-0.05, 0) is 54.1 Å². The second kappa shape index (κ2) is 9.75. The number of hydrogen-bond acceptors (Lipinski definition) is 4. The number of nitriles is 1. The van der Waals surface area contributed by atoms with Gasteiger partial charge in [0, 0.05) is 5.69 Å². The highest BCUT2D eigenvalue weighted by molar-refractivity contribution is 6.42. The number of anilines is 1. The molecule has 3 aromatic rings. The zero-order chi connectivity index (χ0) is 21.5. The summed E-state index contributed by atoms with van der Waals surface area (Å²) in [6.45, 7) is 0. The van der Waals surface area contributed by atoms with Crippen LogP contribution in [0, 0.1) is 11.3 Å². The third-order valence-corrected chi connectivity index (χ3v) is 4.69. The van der Waals surface area contributed by atoms with Crippen molar-refractivity contribution in [2.24, 2.45) is 0 Å². The smallest absolute Gasteiger partial charge is 0.343 e. The SMILES string of the molecule is N#CC(=Cc1ccc(OC(=O)c2ccccc2)cc1)C(=O)Nc1ccc(Cl)c(Cl)c1. The summed E-state index contributed by atoms with van der Waals surface area (Å²) in [4.78, 5) is 24.4. The van der Waals surface area contributed by atoms with Gasteiger partial charge in [0.15, 0.2) is 0 Å². The molecule has 30 heavy (non-hydrogen) atoms. The van der Waals surface area contributed by atoms with Crippen molar-refractivity contribution in [3.8, 4) is 11.8 Å². The lowest BCUT2D eigenvalue weighted by Crippen LogP contribution is -2.13. The number of rotatable bonds is 5. The Labute approximate surface area is 183 Å². The van der Waals surface area contributed by atoms with Gasteiger partial charge in [-0.25, -0.2) is 4.79 Å². The Balaban J connectivity index is 1.69. The molecule has 0 spiro atoms. The Kier molecular flexibility index (Phi) is 6.87. The Bertz CT molecular complexity index is 1150. The zero-order valence-corrected chi connectivity index (χ0v) is 16.9. The molecule has 7 heteroatoms. The van der Waals surface area contributed by atoms with Crippen molar-refractivity contribution in [3.63, 3.8) is 0 Å². The maximum atomic E-state index is 12.4. The van der Waals surface area contributed by atoms with E-state index in [2.05, 4.69) is 5.32 Å². The van der Waals surface area contributed by atoms with E-state index in [9.17, 15) is 14.9 Å². The number of esters is 1. The summed E-state index contributed by atoms with van der Waals surface area (Å²) in [5.74, 6) is -0.715. The van der Waals surface area contributed by atoms with Gasteiger partial charge >= 0.3 is 5.97 Å². The molecule has 0 aliphatic rings. The topological polar surface area (TPSA) is 79.2 Å². The van der Waals surface area contributed by atoms with Gasteiger partial charge in [-0.2, -0.15) is 5.26 Å². The highest BCUT2D eigenvalue weighted by Gasteiger charge is 2.11. The third-order valence-electron chi connectivity index (χ3n) is 3.95. The Hall–Kier alpha value is -3.59. The number of carbonyl (C=O) groups excluding carboxylic acids is 2. The van der Waals surface area contributed by atoms with Gasteiger partial charge in [0.1, 0.15) is 17.4 Å². The minimum atomic E-state index is -0.588. The first-order valence-electron chi connectivity index (χ1n) is 8.72. The van der Waals surface area contributed by atoms with E-state index in [0.29, 0.717) is 27.6 Å². The third kappa shape index (κ3) is 5.48. The summed E-state index contributed by atoms with van der Waals surface area (Å²) in [6, 6.07) is 21.5. The van der Waals surface area contributed by atoms with Crippen molar-refractivity contribution in [2.45, 2.75) is 0 Å². The number of nitrogens with zero attached hydrogens (tertiary/aromatic N) is 1. The molecule has 0 aromatic heterocycles. The lowest BCUT2D eigenvalue weighted by atomic mass is 10.1. The van der Waals surface area contributed by atoms with Crippen LogP contribution in [0.2, 0.25) is 10.0 Å². The number of ether oxygens (including phenoxy) is 1. The first-order chi connectivity index (χ1) is 14.5. The molecule has 3 aromatic carbocycles. The summed E-state index contributed by atoms with van der Waals surface area (Å²) in [5, 5.41) is 12.6. The van der Waals surface area contributed by atoms with Crippen molar-refractivity contribution >= 4 is 46.8 Å². The van der Waals surface area contributed by atoms with E-state index in [1.807, 2.05) is 12.1 Å². The quantitative estimate of drug-likeness (QED) is 0.238. The van der Waals surface area contributed by atoms with Crippen LogP contribution in [0.5, 0.6) is 5.75 Å². The van der Waals surface area contributed by atoms with Crippen molar-refractivity contribution in [3.05, 3.63) is 99.5 Å². The second-order valence-corrected chi connectivity index (χ2v) is 6.89.